The van der Waals surface area contributed by atoms with Crippen molar-refractivity contribution in [3.63, 3.8) is 0 Å². The predicted octanol–water partition coefficient (Wildman–Crippen LogP) is 2.29. The number of likely N-dealkylation sites (tertiary alicyclic amines) is 1. The van der Waals surface area contributed by atoms with Crippen LogP contribution in [0, 0.1) is 18.8 Å². The van der Waals surface area contributed by atoms with E-state index in [0.29, 0.717) is 36.4 Å². The Balaban J connectivity index is 1.56. The van der Waals surface area contributed by atoms with E-state index in [0.717, 1.165) is 24.2 Å². The van der Waals surface area contributed by atoms with Gasteiger partial charge in [0.1, 0.15) is 17.4 Å². The second-order valence-electron chi connectivity index (χ2n) is 12.8. The van der Waals surface area contributed by atoms with Crippen molar-refractivity contribution in [3.8, 4) is 5.75 Å². The average Bonchev–Trinajstić information content (AvgIpc) is 3.70. The van der Waals surface area contributed by atoms with E-state index in [9.17, 15) is 24.6 Å². The molecule has 1 saturated heterocycles. The number of aromatic hydroxyl groups is 1. The first-order valence-electron chi connectivity index (χ1n) is 14.5. The molecule has 1 aromatic carbocycles. The van der Waals surface area contributed by atoms with E-state index in [2.05, 4.69) is 22.1 Å². The molecule has 0 bridgehead atoms. The van der Waals surface area contributed by atoms with Crippen LogP contribution in [0.25, 0.3) is 0 Å². The van der Waals surface area contributed by atoms with E-state index in [-0.39, 0.29) is 29.7 Å². The van der Waals surface area contributed by atoms with E-state index >= 15 is 0 Å². The van der Waals surface area contributed by atoms with Crippen molar-refractivity contribution < 1.29 is 19.8 Å². The number of phenolic OH excluding ortho intramolecular Hbond substituents is 1. The van der Waals surface area contributed by atoms with Crippen molar-refractivity contribution in [2.75, 3.05) is 13.1 Å². The van der Waals surface area contributed by atoms with Gasteiger partial charge in [-0.25, -0.2) is 0 Å². The number of hydrogen-bond donors (Lipinski definition) is 5. The molecule has 0 radical (unpaired) electrons. The van der Waals surface area contributed by atoms with E-state index in [1.54, 1.807) is 18.2 Å². The van der Waals surface area contributed by atoms with Crippen LogP contribution < -0.4 is 16.6 Å². The number of H-pyrrole nitrogens is 1. The zero-order chi connectivity index (χ0) is 29.0. The van der Waals surface area contributed by atoms with E-state index in [4.69, 9.17) is 5.73 Å². The summed E-state index contributed by atoms with van der Waals surface area (Å²) >= 11 is 0. The van der Waals surface area contributed by atoms with Crippen molar-refractivity contribution in [1.29, 1.82) is 0 Å². The standard InChI is InChI=1S/C31H42N4O5/c1-17(2)11-25(27(32)37)33-28(38)23-12-21-14-31(40)19(4)35(16-20-6-7-20)10-9-30(31,15-26(21)34-29(23)39)24-13-22(36)8-5-18(24)3/h5,8,12-13,17,19-20,25,36,40H,6-7,9-11,14-16H2,1-4H3,(H2,32,37)(H,33,38)(H,34,39). The molecule has 4 atom stereocenters. The maximum atomic E-state index is 13.2. The van der Waals surface area contributed by atoms with Gasteiger partial charge in [0.25, 0.3) is 11.5 Å². The number of benzene rings is 1. The number of aliphatic hydroxyl groups is 1. The number of carbonyl (C=O) groups is 2. The highest BCUT2D eigenvalue weighted by atomic mass is 16.3. The smallest absolute Gasteiger partial charge is 0.261 e. The van der Waals surface area contributed by atoms with Crippen molar-refractivity contribution in [2.24, 2.45) is 17.6 Å². The molecule has 3 aliphatic rings. The summed E-state index contributed by atoms with van der Waals surface area (Å²) in [6.07, 6.45) is 4.07. The first-order chi connectivity index (χ1) is 18.8. The van der Waals surface area contributed by atoms with Gasteiger partial charge in [0, 0.05) is 36.5 Å². The highest BCUT2D eigenvalue weighted by Gasteiger charge is 2.61. The quantitative estimate of drug-likeness (QED) is 0.341. The Morgan fingerprint density at radius 1 is 1.23 bits per heavy atom. The Hall–Kier alpha value is -3.17. The van der Waals surface area contributed by atoms with Crippen molar-refractivity contribution in [1.82, 2.24) is 15.2 Å². The van der Waals surface area contributed by atoms with Crippen LogP contribution in [-0.4, -0.2) is 62.7 Å². The molecule has 2 fully saturated rings. The Labute approximate surface area is 235 Å². The van der Waals surface area contributed by atoms with Gasteiger partial charge in [0.05, 0.1) is 5.60 Å². The highest BCUT2D eigenvalue weighted by Crippen LogP contribution is 2.54. The zero-order valence-corrected chi connectivity index (χ0v) is 23.9. The third-order valence-corrected chi connectivity index (χ3v) is 9.57. The molecule has 216 valence electrons. The number of hydrogen-bond acceptors (Lipinski definition) is 6. The summed E-state index contributed by atoms with van der Waals surface area (Å²) in [5, 5.41) is 25.9. The molecule has 1 aromatic heterocycles. The third-order valence-electron chi connectivity index (χ3n) is 9.57. The number of nitrogens with two attached hydrogens (primary N) is 1. The highest BCUT2D eigenvalue weighted by molar-refractivity contribution is 5.97. The number of amides is 2. The maximum Gasteiger partial charge on any atom is 0.261 e. The molecule has 1 aliphatic heterocycles. The van der Waals surface area contributed by atoms with E-state index in [1.807, 2.05) is 26.8 Å². The Morgan fingerprint density at radius 2 is 1.95 bits per heavy atom. The first kappa shape index (κ1) is 28.4. The van der Waals surface area contributed by atoms with E-state index in [1.165, 1.54) is 12.8 Å². The van der Waals surface area contributed by atoms with Gasteiger partial charge in [0.15, 0.2) is 0 Å². The predicted molar refractivity (Wildman–Crippen MR) is 152 cm³/mol. The number of piperidine rings is 1. The number of primary amides is 1. The fraction of sp³-hybridized carbons (Fsp3) is 0.581. The fourth-order valence-electron chi connectivity index (χ4n) is 7.12. The van der Waals surface area contributed by atoms with Crippen molar-refractivity contribution >= 4 is 11.8 Å². The Morgan fingerprint density at radius 3 is 2.60 bits per heavy atom. The summed E-state index contributed by atoms with van der Waals surface area (Å²) in [6.45, 7) is 9.65. The topological polar surface area (TPSA) is 149 Å². The summed E-state index contributed by atoms with van der Waals surface area (Å²) in [5.74, 6) is -0.388. The molecule has 4 unspecified atom stereocenters. The second kappa shape index (κ2) is 10.3. The minimum Gasteiger partial charge on any atom is -0.508 e. The number of aryl methyl sites for hydroxylation is 1. The van der Waals surface area contributed by atoms with Crippen molar-refractivity contribution in [3.05, 3.63) is 62.6 Å². The van der Waals surface area contributed by atoms with Crippen LogP contribution in [-0.2, 0) is 23.1 Å². The molecule has 40 heavy (non-hydrogen) atoms. The Kier molecular flexibility index (Phi) is 7.33. The molecular weight excluding hydrogens is 508 g/mol. The lowest BCUT2D eigenvalue weighted by atomic mass is 9.53. The summed E-state index contributed by atoms with van der Waals surface area (Å²) in [4.78, 5) is 43.7. The molecular formula is C31H42N4O5. The lowest BCUT2D eigenvalue weighted by Crippen LogP contribution is -2.71. The second-order valence-corrected chi connectivity index (χ2v) is 12.8. The molecule has 2 amide bonds. The fourth-order valence-corrected chi connectivity index (χ4v) is 7.12. The molecule has 0 spiro atoms. The third kappa shape index (κ3) is 4.94. The first-order valence-corrected chi connectivity index (χ1v) is 14.5. The number of nitrogens with one attached hydrogen (secondary N) is 2. The number of aromatic amines is 1. The SMILES string of the molecule is Cc1ccc(O)cc1C12CCN(CC3CC3)C(C)C1(O)Cc1cc(C(=O)NC(CC(C)C)C(N)=O)c(=O)[nH]c1C2. The average molecular weight is 551 g/mol. The van der Waals surface area contributed by atoms with Gasteiger partial charge in [-0.05, 0) is 92.8 Å². The van der Waals surface area contributed by atoms with Crippen LogP contribution in [0.1, 0.15) is 79.2 Å². The molecule has 6 N–H and O–H groups in total. The largest absolute Gasteiger partial charge is 0.508 e. The van der Waals surface area contributed by atoms with Crippen LogP contribution in [0.4, 0.5) is 0 Å². The summed E-state index contributed by atoms with van der Waals surface area (Å²) in [7, 11) is 0. The van der Waals surface area contributed by atoms with Crippen LogP contribution >= 0.6 is 0 Å². The maximum absolute atomic E-state index is 13.2. The minimum absolute atomic E-state index is 0.100. The van der Waals surface area contributed by atoms with Gasteiger partial charge < -0.3 is 26.2 Å². The summed E-state index contributed by atoms with van der Waals surface area (Å²) in [5.41, 5.74) is 6.18. The number of aromatic nitrogens is 1. The van der Waals surface area contributed by atoms with Crippen LogP contribution in [0.3, 0.4) is 0 Å². The molecule has 1 saturated carbocycles. The summed E-state index contributed by atoms with van der Waals surface area (Å²) < 4.78 is 0. The van der Waals surface area contributed by atoms with Gasteiger partial charge >= 0.3 is 0 Å². The summed E-state index contributed by atoms with van der Waals surface area (Å²) in [6, 6.07) is 5.78. The van der Waals surface area contributed by atoms with Crippen LogP contribution in [0.2, 0.25) is 0 Å². The number of rotatable bonds is 8. The molecule has 2 aromatic rings. The van der Waals surface area contributed by atoms with Gasteiger partial charge in [-0.3, -0.25) is 19.3 Å². The van der Waals surface area contributed by atoms with Crippen molar-refractivity contribution in [2.45, 2.75) is 89.3 Å². The minimum atomic E-state index is -1.22. The number of carbonyl (C=O) groups excluding carboxylic acids is 2. The monoisotopic (exact) mass is 550 g/mol. The lowest BCUT2D eigenvalue weighted by Gasteiger charge is -2.60. The number of phenols is 1. The molecule has 2 heterocycles. The Bertz CT molecular complexity index is 1380. The number of pyridine rings is 1. The number of fused-ring (bicyclic) bond motifs is 2. The van der Waals surface area contributed by atoms with Gasteiger partial charge in [-0.1, -0.05) is 19.9 Å². The van der Waals surface area contributed by atoms with Gasteiger partial charge in [-0.15, -0.1) is 0 Å². The number of nitrogens with zero attached hydrogens (tertiary/aromatic N) is 1. The van der Waals surface area contributed by atoms with Gasteiger partial charge in [0.2, 0.25) is 5.91 Å². The molecule has 5 rings (SSSR count). The van der Waals surface area contributed by atoms with E-state index < -0.39 is 34.4 Å². The molecule has 9 heteroatoms. The molecule has 2 aliphatic carbocycles. The lowest BCUT2D eigenvalue weighted by molar-refractivity contribution is -0.139. The normalized spacial score (nSPS) is 27.1. The molecule has 9 nitrogen and oxygen atoms in total. The van der Waals surface area contributed by atoms with Crippen LogP contribution in [0.15, 0.2) is 29.1 Å². The van der Waals surface area contributed by atoms with Crippen LogP contribution in [0.5, 0.6) is 5.75 Å². The van der Waals surface area contributed by atoms with Gasteiger partial charge in [-0.2, -0.15) is 0 Å². The zero-order valence-electron chi connectivity index (χ0n) is 23.9.